The summed E-state index contributed by atoms with van der Waals surface area (Å²) in [5.41, 5.74) is 8.48. The molecule has 0 heterocycles. The minimum absolute atomic E-state index is 0. The molecule has 33 heavy (non-hydrogen) atoms. The second kappa shape index (κ2) is 15.2. The van der Waals surface area contributed by atoms with Crippen molar-refractivity contribution in [2.24, 2.45) is 0 Å². The molecule has 0 unspecified atom stereocenters. The molecule has 176 valence electrons. The van der Waals surface area contributed by atoms with Gasteiger partial charge in [-0.25, -0.2) is 12.2 Å². The Bertz CT molecular complexity index is 880. The first-order valence-electron chi connectivity index (χ1n) is 11.9. The van der Waals surface area contributed by atoms with Crippen LogP contribution in [0.3, 0.4) is 0 Å². The standard InChI is InChI=1S/C19H21.C6H10.C5H5.2ClH.Ti/c1-12(2)14-5-7-16-9-17-8-6-15(13(3)4)11-19(17)18(16)10-14;1-2-4-6-5-3-1;1-2-4-5-3-1;;;/h5-7,10-13H,9H2,1-4H3;1-5H2;1-3H,4H2;2*1H;/q-1;;-1;;;+2/p-2. The Morgan fingerprint density at radius 2 is 1.52 bits per heavy atom. The average molecular weight is 515 g/mol. The van der Waals surface area contributed by atoms with Gasteiger partial charge in [0.1, 0.15) is 0 Å². The summed E-state index contributed by atoms with van der Waals surface area (Å²) in [5, 5.41) is 0. The van der Waals surface area contributed by atoms with Gasteiger partial charge in [0.05, 0.1) is 0 Å². The van der Waals surface area contributed by atoms with Crippen molar-refractivity contribution in [3.8, 4) is 11.1 Å². The molecule has 1 saturated carbocycles. The number of hydrogen-bond donors (Lipinski definition) is 0. The second-order valence-electron chi connectivity index (χ2n) is 9.40. The van der Waals surface area contributed by atoms with Crippen LogP contribution in [0, 0.1) is 12.1 Å². The van der Waals surface area contributed by atoms with Crippen molar-refractivity contribution in [2.75, 3.05) is 0 Å². The van der Waals surface area contributed by atoms with E-state index in [0.29, 0.717) is 11.8 Å². The van der Waals surface area contributed by atoms with E-state index in [1.165, 1.54) is 65.5 Å². The molecule has 2 aromatic carbocycles. The van der Waals surface area contributed by atoms with Crippen LogP contribution < -0.4 is 24.8 Å². The third-order valence-electron chi connectivity index (χ3n) is 6.22. The Morgan fingerprint density at radius 3 is 2.00 bits per heavy atom. The molecule has 0 spiro atoms. The number of benzene rings is 2. The van der Waals surface area contributed by atoms with Crippen molar-refractivity contribution in [2.45, 2.75) is 84.5 Å². The van der Waals surface area contributed by atoms with E-state index in [-0.39, 0.29) is 24.8 Å². The fraction of sp³-hybridized carbons (Fsp3) is 0.433. The average Bonchev–Trinajstić information content (AvgIpc) is 3.45. The van der Waals surface area contributed by atoms with Crippen LogP contribution in [0.5, 0.6) is 0 Å². The van der Waals surface area contributed by atoms with E-state index in [9.17, 15) is 0 Å². The minimum atomic E-state index is 0. The van der Waals surface area contributed by atoms with Crippen molar-refractivity contribution in [1.82, 2.24) is 0 Å². The van der Waals surface area contributed by atoms with Crippen LogP contribution in [0.1, 0.15) is 100 Å². The first-order chi connectivity index (χ1) is 15.0. The maximum atomic E-state index is 3.49. The maximum absolute atomic E-state index is 3.49. The van der Waals surface area contributed by atoms with Crippen molar-refractivity contribution in [3.63, 3.8) is 0 Å². The van der Waals surface area contributed by atoms with Crippen LogP contribution in [-0.4, -0.2) is 3.81 Å². The molecular formula is C30H36Cl2Ti-2. The van der Waals surface area contributed by atoms with Gasteiger partial charge in [-0.2, -0.15) is 35.4 Å². The van der Waals surface area contributed by atoms with Gasteiger partial charge in [0.25, 0.3) is 0 Å². The normalized spacial score (nSPS) is 15.0. The Kier molecular flexibility index (Phi) is 13.8. The monoisotopic (exact) mass is 514 g/mol. The second-order valence-corrected chi connectivity index (χ2v) is 10.5. The van der Waals surface area contributed by atoms with E-state index < -0.39 is 0 Å². The first kappa shape index (κ1) is 30.1. The molecule has 0 nitrogen and oxygen atoms in total. The molecule has 0 N–H and O–H groups in total. The van der Waals surface area contributed by atoms with Crippen molar-refractivity contribution in [1.29, 1.82) is 0 Å². The van der Waals surface area contributed by atoms with Gasteiger partial charge in [-0.1, -0.05) is 62.9 Å². The molecule has 3 aliphatic carbocycles. The third-order valence-corrected chi connectivity index (χ3v) is 7.00. The van der Waals surface area contributed by atoms with E-state index in [4.69, 9.17) is 0 Å². The SMILES string of the molecule is CC(C)c1c[c-]c2c(c1)-c1cc(C(C)C)ccc1C2.[C-]1=CC=CC1.[Cl-].[Cl-].[Ti+2]=[C]1CCCCC1. The van der Waals surface area contributed by atoms with E-state index in [2.05, 4.69) is 96.2 Å². The predicted octanol–water partition coefficient (Wildman–Crippen LogP) is 2.29. The molecule has 0 aliphatic heterocycles. The quantitative estimate of drug-likeness (QED) is 0.363. The summed E-state index contributed by atoms with van der Waals surface area (Å²) in [6, 6.07) is 15.0. The molecule has 0 saturated heterocycles. The summed E-state index contributed by atoms with van der Waals surface area (Å²) in [5.74, 6) is 1.16. The molecule has 0 radical (unpaired) electrons. The van der Waals surface area contributed by atoms with E-state index in [0.717, 1.165) is 12.8 Å². The van der Waals surface area contributed by atoms with Gasteiger partial charge in [0.15, 0.2) is 0 Å². The van der Waals surface area contributed by atoms with Gasteiger partial charge in [-0.15, -0.1) is 12.0 Å². The van der Waals surface area contributed by atoms with Gasteiger partial charge in [0.2, 0.25) is 0 Å². The van der Waals surface area contributed by atoms with Crippen LogP contribution in [-0.2, 0) is 26.4 Å². The van der Waals surface area contributed by atoms with Gasteiger partial charge >= 0.3 is 55.9 Å². The summed E-state index contributed by atoms with van der Waals surface area (Å²) >= 11 is 2.28. The zero-order chi connectivity index (χ0) is 22.2. The number of fused-ring (bicyclic) bond motifs is 3. The summed E-state index contributed by atoms with van der Waals surface area (Å²) < 4.78 is 1.71. The van der Waals surface area contributed by atoms with E-state index in [1.807, 2.05) is 12.2 Å². The summed E-state index contributed by atoms with van der Waals surface area (Å²) in [7, 11) is 0. The van der Waals surface area contributed by atoms with Crippen LogP contribution >= 0.6 is 0 Å². The first-order valence-corrected chi connectivity index (χ1v) is 12.7. The summed E-state index contributed by atoms with van der Waals surface area (Å²) in [6.07, 6.45) is 18.2. The molecule has 2 aromatic rings. The van der Waals surface area contributed by atoms with Crippen LogP contribution in [0.2, 0.25) is 0 Å². The van der Waals surface area contributed by atoms with Gasteiger partial charge < -0.3 is 24.8 Å². The topological polar surface area (TPSA) is 0 Å². The molecular weight excluding hydrogens is 479 g/mol. The zero-order valence-corrected chi connectivity index (χ0v) is 23.6. The van der Waals surface area contributed by atoms with Crippen molar-refractivity contribution < 1.29 is 44.8 Å². The molecule has 0 bridgehead atoms. The zero-order valence-electron chi connectivity index (χ0n) is 20.5. The van der Waals surface area contributed by atoms with E-state index >= 15 is 0 Å². The number of hydrogen-bond acceptors (Lipinski definition) is 0. The molecule has 3 heteroatoms. The number of rotatable bonds is 2. The molecule has 0 amide bonds. The van der Waals surface area contributed by atoms with E-state index in [1.54, 1.807) is 3.81 Å². The fourth-order valence-corrected chi connectivity index (χ4v) is 4.68. The Morgan fingerprint density at radius 1 is 0.848 bits per heavy atom. The molecule has 3 aliphatic rings. The van der Waals surface area contributed by atoms with Gasteiger partial charge in [0, 0.05) is 0 Å². The summed E-state index contributed by atoms with van der Waals surface area (Å²) in [4.78, 5) is 0. The third kappa shape index (κ3) is 8.99. The van der Waals surface area contributed by atoms with Crippen LogP contribution in [0.25, 0.3) is 11.1 Å². The molecule has 1 fully saturated rings. The van der Waals surface area contributed by atoms with Crippen LogP contribution in [0.15, 0.2) is 48.6 Å². The fourth-order valence-electron chi connectivity index (χ4n) is 4.13. The number of halogens is 2. The predicted molar refractivity (Wildman–Crippen MR) is 131 cm³/mol. The number of allylic oxidation sites excluding steroid dienone is 4. The van der Waals surface area contributed by atoms with Crippen molar-refractivity contribution >= 4 is 3.81 Å². The Labute approximate surface area is 226 Å². The van der Waals surface area contributed by atoms with Gasteiger partial charge in [-0.05, 0) is 17.9 Å². The molecule has 5 rings (SSSR count). The van der Waals surface area contributed by atoms with Crippen LogP contribution in [0.4, 0.5) is 0 Å². The molecule has 0 atom stereocenters. The van der Waals surface area contributed by atoms with Gasteiger partial charge in [-0.3, -0.25) is 6.08 Å². The molecule has 0 aromatic heterocycles. The Hall–Kier alpha value is -0.916. The van der Waals surface area contributed by atoms with Crippen molar-refractivity contribution in [3.05, 3.63) is 83.0 Å². The Balaban J connectivity index is 0.000000321. The summed E-state index contributed by atoms with van der Waals surface area (Å²) in [6.45, 7) is 9.01.